The van der Waals surface area contributed by atoms with Crippen molar-refractivity contribution in [3.63, 3.8) is 0 Å². The van der Waals surface area contributed by atoms with Gasteiger partial charge in [-0.25, -0.2) is 4.98 Å². The molecule has 21 heavy (non-hydrogen) atoms. The number of nitrogens with one attached hydrogen (secondary N) is 2. The van der Waals surface area contributed by atoms with Crippen LogP contribution in [0.25, 0.3) is 11.0 Å². The van der Waals surface area contributed by atoms with E-state index in [0.29, 0.717) is 6.61 Å². The van der Waals surface area contributed by atoms with E-state index in [4.69, 9.17) is 9.15 Å². The van der Waals surface area contributed by atoms with E-state index < -0.39 is 0 Å². The highest BCUT2D eigenvalue weighted by Gasteiger charge is 2.02. The number of rotatable bonds is 8. The van der Waals surface area contributed by atoms with Gasteiger partial charge in [0.25, 0.3) is 0 Å². The number of hydrogen-bond donors (Lipinski definition) is 2. The molecule has 0 amide bonds. The predicted octanol–water partition coefficient (Wildman–Crippen LogP) is 2.85. The molecule has 110 valence electrons. The van der Waals surface area contributed by atoms with Crippen molar-refractivity contribution >= 4 is 11.0 Å². The molecular weight excluding hydrogens is 266 g/mol. The number of aromatic nitrogens is 2. The van der Waals surface area contributed by atoms with E-state index in [1.54, 1.807) is 12.5 Å². The third-order valence-electron chi connectivity index (χ3n) is 3.32. The number of nitrogens with zero attached hydrogens (tertiary/aromatic N) is 1. The largest absolute Gasteiger partial charge is 0.467 e. The first kappa shape index (κ1) is 13.9. The Kier molecular flexibility index (Phi) is 4.66. The first-order valence-corrected chi connectivity index (χ1v) is 7.15. The summed E-state index contributed by atoms with van der Waals surface area (Å²) in [5, 5.41) is 4.60. The van der Waals surface area contributed by atoms with Crippen LogP contribution in [0.3, 0.4) is 0 Å². The monoisotopic (exact) mass is 285 g/mol. The average Bonchev–Trinajstić information content (AvgIpc) is 3.16. The highest BCUT2D eigenvalue weighted by atomic mass is 16.5. The summed E-state index contributed by atoms with van der Waals surface area (Å²) < 4.78 is 10.7. The van der Waals surface area contributed by atoms with Crippen LogP contribution in [-0.2, 0) is 17.9 Å². The van der Waals surface area contributed by atoms with Crippen LogP contribution in [0.15, 0.2) is 47.3 Å². The highest BCUT2D eigenvalue weighted by molar-refractivity contribution is 5.79. The molecule has 0 aromatic carbocycles. The Morgan fingerprint density at radius 2 is 2.29 bits per heavy atom. The van der Waals surface area contributed by atoms with Gasteiger partial charge in [-0.05, 0) is 42.8 Å². The van der Waals surface area contributed by atoms with Gasteiger partial charge in [0.15, 0.2) is 0 Å². The zero-order chi connectivity index (χ0) is 14.3. The number of H-pyrrole nitrogens is 1. The van der Waals surface area contributed by atoms with Crippen LogP contribution in [0.1, 0.15) is 17.7 Å². The molecule has 2 N–H and O–H groups in total. The van der Waals surface area contributed by atoms with Gasteiger partial charge >= 0.3 is 0 Å². The molecule has 3 aromatic heterocycles. The summed E-state index contributed by atoms with van der Waals surface area (Å²) in [5.41, 5.74) is 2.19. The lowest BCUT2D eigenvalue weighted by Crippen LogP contribution is -2.16. The average molecular weight is 285 g/mol. The van der Waals surface area contributed by atoms with Crippen molar-refractivity contribution in [2.24, 2.45) is 0 Å². The molecule has 0 bridgehead atoms. The molecule has 0 unspecified atom stereocenters. The second-order valence-corrected chi connectivity index (χ2v) is 4.88. The fraction of sp³-hybridized carbons (Fsp3) is 0.312. The fourth-order valence-corrected chi connectivity index (χ4v) is 2.25. The van der Waals surface area contributed by atoms with Crippen LogP contribution in [0.2, 0.25) is 0 Å². The SMILES string of the molecule is c1coc(COCCCNCc2c[nH]c3ncccc23)c1. The lowest BCUT2D eigenvalue weighted by molar-refractivity contribution is 0.104. The Labute approximate surface area is 123 Å². The third-order valence-corrected chi connectivity index (χ3v) is 3.32. The van der Waals surface area contributed by atoms with E-state index in [2.05, 4.69) is 21.4 Å². The first-order valence-electron chi connectivity index (χ1n) is 7.15. The molecule has 0 fully saturated rings. The smallest absolute Gasteiger partial charge is 0.137 e. The minimum Gasteiger partial charge on any atom is -0.467 e. The number of aromatic amines is 1. The Morgan fingerprint density at radius 3 is 3.19 bits per heavy atom. The van der Waals surface area contributed by atoms with Gasteiger partial charge in [-0.2, -0.15) is 0 Å². The van der Waals surface area contributed by atoms with Crippen molar-refractivity contribution < 1.29 is 9.15 Å². The van der Waals surface area contributed by atoms with Gasteiger partial charge in [0.1, 0.15) is 18.0 Å². The number of furan rings is 1. The second kappa shape index (κ2) is 7.06. The van der Waals surface area contributed by atoms with E-state index in [-0.39, 0.29) is 0 Å². The molecule has 0 aliphatic heterocycles. The van der Waals surface area contributed by atoms with Crippen LogP contribution in [0, 0.1) is 0 Å². The number of fused-ring (bicyclic) bond motifs is 1. The fourth-order valence-electron chi connectivity index (χ4n) is 2.25. The minimum absolute atomic E-state index is 0.543. The molecule has 3 heterocycles. The van der Waals surface area contributed by atoms with Gasteiger partial charge in [0, 0.05) is 30.9 Å². The van der Waals surface area contributed by atoms with Gasteiger partial charge in [0.2, 0.25) is 0 Å². The van der Waals surface area contributed by atoms with Gasteiger partial charge < -0.3 is 19.5 Å². The maximum Gasteiger partial charge on any atom is 0.137 e. The molecule has 0 atom stereocenters. The van der Waals surface area contributed by atoms with E-state index in [1.165, 1.54) is 10.9 Å². The summed E-state index contributed by atoms with van der Waals surface area (Å²) in [6, 6.07) is 7.84. The van der Waals surface area contributed by atoms with Crippen molar-refractivity contribution in [2.45, 2.75) is 19.6 Å². The molecule has 5 heteroatoms. The van der Waals surface area contributed by atoms with E-state index >= 15 is 0 Å². The first-order chi connectivity index (χ1) is 10.4. The molecule has 5 nitrogen and oxygen atoms in total. The summed E-state index contributed by atoms with van der Waals surface area (Å²) in [5.74, 6) is 0.870. The van der Waals surface area contributed by atoms with Crippen LogP contribution in [-0.4, -0.2) is 23.1 Å². The van der Waals surface area contributed by atoms with Gasteiger partial charge in [-0.15, -0.1) is 0 Å². The summed E-state index contributed by atoms with van der Waals surface area (Å²) in [6.45, 7) is 3.03. The van der Waals surface area contributed by atoms with Crippen molar-refractivity contribution in [3.8, 4) is 0 Å². The van der Waals surface area contributed by atoms with Gasteiger partial charge in [0.05, 0.1) is 6.26 Å². The number of hydrogen-bond acceptors (Lipinski definition) is 4. The Balaban J connectivity index is 1.33. The molecular formula is C16H19N3O2. The normalized spacial score (nSPS) is 11.2. The van der Waals surface area contributed by atoms with E-state index in [1.807, 2.05) is 24.4 Å². The number of ether oxygens (including phenoxy) is 1. The summed E-state index contributed by atoms with van der Waals surface area (Å²) in [6.07, 6.45) is 6.45. The van der Waals surface area contributed by atoms with Crippen molar-refractivity contribution in [2.75, 3.05) is 13.2 Å². The summed E-state index contributed by atoms with van der Waals surface area (Å²) in [4.78, 5) is 7.46. The zero-order valence-electron chi connectivity index (χ0n) is 11.8. The third kappa shape index (κ3) is 3.71. The second-order valence-electron chi connectivity index (χ2n) is 4.88. The van der Waals surface area contributed by atoms with E-state index in [9.17, 15) is 0 Å². The predicted molar refractivity (Wildman–Crippen MR) is 80.8 cm³/mol. The standard InChI is InChI=1S/C16H19N3O2/c1-5-15-13(11-19-16(15)18-7-1)10-17-6-3-8-20-12-14-4-2-9-21-14/h1-2,4-5,7,9,11,17H,3,6,8,10,12H2,(H,18,19). The van der Waals surface area contributed by atoms with Crippen LogP contribution in [0.5, 0.6) is 0 Å². The molecule has 0 saturated carbocycles. The zero-order valence-corrected chi connectivity index (χ0v) is 11.8. The quantitative estimate of drug-likeness (QED) is 0.625. The number of pyridine rings is 1. The van der Waals surface area contributed by atoms with Gasteiger partial charge in [-0.3, -0.25) is 0 Å². The molecule has 0 saturated heterocycles. The minimum atomic E-state index is 0.543. The Morgan fingerprint density at radius 1 is 1.29 bits per heavy atom. The van der Waals surface area contributed by atoms with Gasteiger partial charge in [-0.1, -0.05) is 0 Å². The van der Waals surface area contributed by atoms with Crippen LogP contribution >= 0.6 is 0 Å². The topological polar surface area (TPSA) is 63.1 Å². The molecule has 0 spiro atoms. The summed E-state index contributed by atoms with van der Waals surface area (Å²) >= 11 is 0. The lowest BCUT2D eigenvalue weighted by Gasteiger charge is -2.04. The molecule has 3 rings (SSSR count). The van der Waals surface area contributed by atoms with Crippen LogP contribution in [0.4, 0.5) is 0 Å². The molecule has 3 aromatic rings. The maximum atomic E-state index is 5.54. The molecule has 0 aliphatic rings. The summed E-state index contributed by atoms with van der Waals surface area (Å²) in [7, 11) is 0. The lowest BCUT2D eigenvalue weighted by atomic mass is 10.2. The highest BCUT2D eigenvalue weighted by Crippen LogP contribution is 2.14. The maximum absolute atomic E-state index is 5.54. The Hall–Kier alpha value is -2.11. The van der Waals surface area contributed by atoms with Crippen molar-refractivity contribution in [3.05, 3.63) is 54.2 Å². The molecule has 0 aliphatic carbocycles. The molecule has 0 radical (unpaired) electrons. The van der Waals surface area contributed by atoms with Crippen molar-refractivity contribution in [1.29, 1.82) is 0 Å². The Bertz CT molecular complexity index is 661. The van der Waals surface area contributed by atoms with E-state index in [0.717, 1.165) is 37.5 Å². The van der Waals surface area contributed by atoms with Crippen LogP contribution < -0.4 is 5.32 Å². The van der Waals surface area contributed by atoms with Crippen molar-refractivity contribution in [1.82, 2.24) is 15.3 Å².